The number of fused-ring (bicyclic) bond motifs is 1. The number of piperidine rings is 1. The number of hydrogen-bond donors (Lipinski definition) is 2. The molecule has 0 saturated carbocycles. The Morgan fingerprint density at radius 2 is 1.95 bits per heavy atom. The van der Waals surface area contributed by atoms with Crippen molar-refractivity contribution in [3.63, 3.8) is 0 Å². The third-order valence-corrected chi connectivity index (χ3v) is 5.09. The molecule has 4 atom stereocenters. The van der Waals surface area contributed by atoms with E-state index in [1.54, 1.807) is 6.92 Å². The van der Waals surface area contributed by atoms with Gasteiger partial charge in [0.1, 0.15) is 11.6 Å². The van der Waals surface area contributed by atoms with Gasteiger partial charge in [0.15, 0.2) is 0 Å². The molecule has 2 fully saturated rings. The lowest BCUT2D eigenvalue weighted by molar-refractivity contribution is 0.102. The molecule has 5 heteroatoms. The SMILES string of the molecule is C[C@H](N[C@@H]1CCN2CCC[C@@H]2C1)[C@@H](O)c1c(F)cccc1F. The molecule has 0 spiro atoms. The number of halogens is 2. The number of hydrogen-bond acceptors (Lipinski definition) is 3. The molecular formula is C17H24F2N2O. The van der Waals surface area contributed by atoms with Crippen molar-refractivity contribution in [3.8, 4) is 0 Å². The predicted octanol–water partition coefficient (Wildman–Crippen LogP) is 2.60. The van der Waals surface area contributed by atoms with Gasteiger partial charge in [0, 0.05) is 18.1 Å². The molecule has 0 bridgehead atoms. The third-order valence-electron chi connectivity index (χ3n) is 5.09. The summed E-state index contributed by atoms with van der Waals surface area (Å²) in [6.45, 7) is 4.05. The van der Waals surface area contributed by atoms with Gasteiger partial charge in [0.2, 0.25) is 0 Å². The summed E-state index contributed by atoms with van der Waals surface area (Å²) < 4.78 is 27.6. The van der Waals surface area contributed by atoms with Crippen LogP contribution in [-0.2, 0) is 0 Å². The second-order valence-corrected chi connectivity index (χ2v) is 6.59. The van der Waals surface area contributed by atoms with E-state index in [1.807, 2.05) is 0 Å². The molecule has 2 aliphatic rings. The van der Waals surface area contributed by atoms with Crippen molar-refractivity contribution in [2.75, 3.05) is 13.1 Å². The molecule has 22 heavy (non-hydrogen) atoms. The first kappa shape index (κ1) is 15.8. The molecule has 1 aromatic carbocycles. The summed E-state index contributed by atoms with van der Waals surface area (Å²) in [5, 5.41) is 13.7. The lowest BCUT2D eigenvalue weighted by Crippen LogP contribution is -2.49. The molecule has 2 heterocycles. The molecule has 0 aromatic heterocycles. The fourth-order valence-corrected chi connectivity index (χ4v) is 3.88. The predicted molar refractivity (Wildman–Crippen MR) is 81.5 cm³/mol. The molecule has 2 saturated heterocycles. The van der Waals surface area contributed by atoms with Gasteiger partial charge in [0.25, 0.3) is 0 Å². The molecule has 3 nitrogen and oxygen atoms in total. The van der Waals surface area contributed by atoms with E-state index >= 15 is 0 Å². The monoisotopic (exact) mass is 310 g/mol. The first-order valence-corrected chi connectivity index (χ1v) is 8.18. The second-order valence-electron chi connectivity index (χ2n) is 6.59. The van der Waals surface area contributed by atoms with Gasteiger partial charge in [0.05, 0.1) is 11.7 Å². The van der Waals surface area contributed by atoms with E-state index in [-0.39, 0.29) is 11.6 Å². The van der Waals surface area contributed by atoms with Crippen LogP contribution in [0.15, 0.2) is 18.2 Å². The zero-order valence-electron chi connectivity index (χ0n) is 12.9. The molecule has 0 unspecified atom stereocenters. The topological polar surface area (TPSA) is 35.5 Å². The number of aliphatic hydroxyl groups is 1. The Bertz CT molecular complexity index is 505. The van der Waals surface area contributed by atoms with Crippen LogP contribution >= 0.6 is 0 Å². The Hall–Kier alpha value is -1.04. The van der Waals surface area contributed by atoms with Crippen LogP contribution in [0.25, 0.3) is 0 Å². The molecule has 2 N–H and O–H groups in total. The molecule has 0 aliphatic carbocycles. The van der Waals surface area contributed by atoms with Crippen molar-refractivity contribution in [3.05, 3.63) is 35.4 Å². The molecule has 3 rings (SSSR count). The third kappa shape index (κ3) is 3.16. The molecule has 2 aliphatic heterocycles. The van der Waals surface area contributed by atoms with E-state index in [4.69, 9.17) is 0 Å². The minimum atomic E-state index is -1.18. The van der Waals surface area contributed by atoms with E-state index in [0.29, 0.717) is 12.1 Å². The Morgan fingerprint density at radius 1 is 1.23 bits per heavy atom. The Kier molecular flexibility index (Phi) is 4.76. The van der Waals surface area contributed by atoms with Gasteiger partial charge < -0.3 is 15.3 Å². The summed E-state index contributed by atoms with van der Waals surface area (Å²) in [5.74, 6) is -1.38. The molecule has 0 radical (unpaired) electrons. The van der Waals surface area contributed by atoms with Crippen LogP contribution in [0.3, 0.4) is 0 Å². The van der Waals surface area contributed by atoms with Crippen LogP contribution in [0.1, 0.15) is 44.3 Å². The fourth-order valence-electron chi connectivity index (χ4n) is 3.88. The minimum Gasteiger partial charge on any atom is -0.387 e. The fraction of sp³-hybridized carbons (Fsp3) is 0.647. The summed E-state index contributed by atoms with van der Waals surface area (Å²) >= 11 is 0. The largest absolute Gasteiger partial charge is 0.387 e. The zero-order valence-corrected chi connectivity index (χ0v) is 12.9. The van der Waals surface area contributed by atoms with E-state index in [9.17, 15) is 13.9 Å². The van der Waals surface area contributed by atoms with Crippen LogP contribution < -0.4 is 5.32 Å². The second kappa shape index (κ2) is 6.60. The normalized spacial score (nSPS) is 28.4. The summed E-state index contributed by atoms with van der Waals surface area (Å²) in [7, 11) is 0. The van der Waals surface area contributed by atoms with E-state index in [0.717, 1.165) is 19.4 Å². The number of rotatable bonds is 4. The lowest BCUT2D eigenvalue weighted by atomic mass is 9.95. The molecule has 0 amide bonds. The van der Waals surface area contributed by atoms with Gasteiger partial charge in [-0.15, -0.1) is 0 Å². The van der Waals surface area contributed by atoms with Gasteiger partial charge in [-0.25, -0.2) is 8.78 Å². The minimum absolute atomic E-state index is 0.235. The van der Waals surface area contributed by atoms with Gasteiger partial charge >= 0.3 is 0 Å². The quantitative estimate of drug-likeness (QED) is 0.897. The number of nitrogens with one attached hydrogen (secondary N) is 1. The highest BCUT2D eigenvalue weighted by Crippen LogP contribution is 2.29. The maximum atomic E-state index is 13.8. The standard InChI is InChI=1S/C17H24F2N2O/c1-11(17(22)16-14(18)5-2-6-15(16)19)20-12-7-9-21-8-3-4-13(21)10-12/h2,5-6,11-13,17,20,22H,3-4,7-10H2,1H3/t11-,12+,13+,17+/m0/s1. The first-order chi connectivity index (χ1) is 10.6. The Labute approximate surface area is 130 Å². The zero-order chi connectivity index (χ0) is 15.7. The number of benzene rings is 1. The van der Waals surface area contributed by atoms with E-state index in [2.05, 4.69) is 10.2 Å². The summed E-state index contributed by atoms with van der Waals surface area (Å²) in [4.78, 5) is 2.52. The van der Waals surface area contributed by atoms with Crippen LogP contribution in [0.2, 0.25) is 0 Å². The van der Waals surface area contributed by atoms with Gasteiger partial charge in [-0.05, 0) is 57.8 Å². The van der Waals surface area contributed by atoms with Crippen LogP contribution in [-0.4, -0.2) is 41.2 Å². The van der Waals surface area contributed by atoms with Crippen molar-refractivity contribution in [2.24, 2.45) is 0 Å². The Balaban J connectivity index is 1.63. The average Bonchev–Trinajstić information content (AvgIpc) is 2.94. The molecule has 122 valence electrons. The first-order valence-electron chi connectivity index (χ1n) is 8.18. The van der Waals surface area contributed by atoms with Gasteiger partial charge in [-0.1, -0.05) is 6.07 Å². The van der Waals surface area contributed by atoms with Crippen molar-refractivity contribution >= 4 is 0 Å². The van der Waals surface area contributed by atoms with Crippen LogP contribution in [0.5, 0.6) is 0 Å². The highest BCUT2D eigenvalue weighted by molar-refractivity contribution is 5.23. The van der Waals surface area contributed by atoms with Crippen LogP contribution in [0, 0.1) is 11.6 Å². The van der Waals surface area contributed by atoms with Crippen molar-refractivity contribution in [1.29, 1.82) is 0 Å². The van der Waals surface area contributed by atoms with Crippen molar-refractivity contribution < 1.29 is 13.9 Å². The van der Waals surface area contributed by atoms with E-state index in [1.165, 1.54) is 37.6 Å². The van der Waals surface area contributed by atoms with Gasteiger partial charge in [-0.2, -0.15) is 0 Å². The summed E-state index contributed by atoms with van der Waals surface area (Å²) in [6, 6.07) is 4.23. The maximum Gasteiger partial charge on any atom is 0.132 e. The van der Waals surface area contributed by atoms with Crippen molar-refractivity contribution in [2.45, 2.75) is 56.8 Å². The molecule has 1 aromatic rings. The molecular weight excluding hydrogens is 286 g/mol. The average molecular weight is 310 g/mol. The van der Waals surface area contributed by atoms with E-state index < -0.39 is 17.7 Å². The Morgan fingerprint density at radius 3 is 2.68 bits per heavy atom. The van der Waals surface area contributed by atoms with Gasteiger partial charge in [-0.3, -0.25) is 0 Å². The highest BCUT2D eigenvalue weighted by atomic mass is 19.1. The smallest absolute Gasteiger partial charge is 0.132 e. The maximum absolute atomic E-state index is 13.8. The van der Waals surface area contributed by atoms with Crippen molar-refractivity contribution in [1.82, 2.24) is 10.2 Å². The summed E-state index contributed by atoms with van der Waals surface area (Å²) in [5.41, 5.74) is -0.235. The number of aliphatic hydroxyl groups excluding tert-OH is 1. The highest BCUT2D eigenvalue weighted by Gasteiger charge is 2.33. The summed E-state index contributed by atoms with van der Waals surface area (Å²) in [6.07, 6.45) is 3.39. The van der Waals surface area contributed by atoms with Crippen LogP contribution in [0.4, 0.5) is 8.78 Å². The lowest BCUT2D eigenvalue weighted by Gasteiger charge is -2.37. The number of nitrogens with zero attached hydrogens (tertiary/aromatic N) is 1.